The first kappa shape index (κ1) is 25.4. The summed E-state index contributed by atoms with van der Waals surface area (Å²) in [5, 5.41) is 28.3. The molecular formula is C20H15ClF3N5O6. The monoisotopic (exact) mass is 513 g/mol. The Bertz CT molecular complexity index is 1340. The minimum absolute atomic E-state index is 0.0125. The molecule has 0 saturated heterocycles. The number of halogens is 4. The zero-order chi connectivity index (χ0) is 26.1. The fourth-order valence-corrected chi connectivity index (χ4v) is 3.19. The zero-order valence-electron chi connectivity index (χ0n) is 17.9. The number of benzene rings is 2. The van der Waals surface area contributed by atoms with Crippen molar-refractivity contribution in [3.63, 3.8) is 0 Å². The number of ether oxygens (including phenoxy) is 1. The molecule has 15 heteroatoms. The molecular weight excluding hydrogens is 499 g/mol. The lowest BCUT2D eigenvalue weighted by atomic mass is 10.2. The van der Waals surface area contributed by atoms with Crippen LogP contribution < -0.4 is 10.1 Å². The number of nitrogens with zero attached hydrogens (tertiary/aromatic N) is 4. The van der Waals surface area contributed by atoms with Crippen molar-refractivity contribution in [3.05, 3.63) is 78.6 Å². The van der Waals surface area contributed by atoms with Gasteiger partial charge in [0.25, 0.3) is 5.69 Å². The summed E-state index contributed by atoms with van der Waals surface area (Å²) >= 11 is 5.96. The van der Waals surface area contributed by atoms with Crippen molar-refractivity contribution in [2.24, 2.45) is 0 Å². The number of non-ortho nitro benzene ring substituents is 1. The summed E-state index contributed by atoms with van der Waals surface area (Å²) in [4.78, 5) is 32.9. The molecule has 0 radical (unpaired) electrons. The Morgan fingerprint density at radius 1 is 1.11 bits per heavy atom. The number of nitro benzene ring substituents is 1. The summed E-state index contributed by atoms with van der Waals surface area (Å²) in [6, 6.07) is 8.05. The van der Waals surface area contributed by atoms with E-state index in [4.69, 9.17) is 16.3 Å². The number of aryl methyl sites for hydroxylation is 1. The molecule has 0 saturated carbocycles. The van der Waals surface area contributed by atoms with E-state index in [0.29, 0.717) is 21.0 Å². The Labute approximate surface area is 199 Å². The van der Waals surface area contributed by atoms with Gasteiger partial charge in [-0.1, -0.05) is 11.6 Å². The predicted octanol–water partition coefficient (Wildman–Crippen LogP) is 5.42. The number of nitrogens with one attached hydrogen (secondary N) is 1. The van der Waals surface area contributed by atoms with E-state index in [1.54, 1.807) is 19.1 Å². The van der Waals surface area contributed by atoms with Crippen molar-refractivity contribution < 1.29 is 32.5 Å². The van der Waals surface area contributed by atoms with Crippen molar-refractivity contribution in [2.45, 2.75) is 26.6 Å². The van der Waals surface area contributed by atoms with Crippen molar-refractivity contribution in [2.75, 3.05) is 5.32 Å². The Kier molecular flexibility index (Phi) is 6.96. The second kappa shape index (κ2) is 9.58. The van der Waals surface area contributed by atoms with Gasteiger partial charge in [-0.2, -0.15) is 18.3 Å². The second-order valence-electron chi connectivity index (χ2n) is 7.23. The summed E-state index contributed by atoms with van der Waals surface area (Å²) in [7, 11) is 0. The van der Waals surface area contributed by atoms with Gasteiger partial charge in [-0.3, -0.25) is 29.7 Å². The number of rotatable bonds is 7. The largest absolute Gasteiger partial charge is 0.457 e. The number of carbonyl (C=O) groups is 1. The average molecular weight is 514 g/mol. The molecule has 1 amide bonds. The van der Waals surface area contributed by atoms with E-state index in [-0.39, 0.29) is 11.4 Å². The number of alkyl halides is 3. The number of amides is 1. The van der Waals surface area contributed by atoms with Crippen LogP contribution in [0.3, 0.4) is 0 Å². The highest BCUT2D eigenvalue weighted by Gasteiger charge is 2.44. The lowest BCUT2D eigenvalue weighted by Gasteiger charge is -2.11. The van der Waals surface area contributed by atoms with Gasteiger partial charge < -0.3 is 10.1 Å². The van der Waals surface area contributed by atoms with E-state index >= 15 is 0 Å². The number of aromatic nitrogens is 2. The molecule has 0 spiro atoms. The molecule has 0 aliphatic rings. The molecule has 0 fully saturated rings. The molecule has 1 heterocycles. The third kappa shape index (κ3) is 5.84. The van der Waals surface area contributed by atoms with Crippen LogP contribution in [0.4, 0.5) is 30.2 Å². The van der Waals surface area contributed by atoms with Crippen LogP contribution in [0.15, 0.2) is 36.4 Å². The summed E-state index contributed by atoms with van der Waals surface area (Å²) in [5.41, 5.74) is -3.34. The smallest absolute Gasteiger partial charge is 0.442 e. The Morgan fingerprint density at radius 3 is 2.34 bits per heavy atom. The molecule has 184 valence electrons. The van der Waals surface area contributed by atoms with Crippen molar-refractivity contribution >= 4 is 34.6 Å². The molecule has 0 atom stereocenters. The van der Waals surface area contributed by atoms with Gasteiger partial charge in [-0.25, -0.2) is 0 Å². The minimum Gasteiger partial charge on any atom is -0.457 e. The third-order valence-corrected chi connectivity index (χ3v) is 5.09. The predicted molar refractivity (Wildman–Crippen MR) is 117 cm³/mol. The van der Waals surface area contributed by atoms with Gasteiger partial charge in [-0.15, -0.1) is 0 Å². The lowest BCUT2D eigenvalue weighted by molar-refractivity contribution is -0.388. The maximum atomic E-state index is 13.1. The highest BCUT2D eigenvalue weighted by molar-refractivity contribution is 6.31. The maximum Gasteiger partial charge on any atom is 0.442 e. The number of nitro groups is 2. The van der Waals surface area contributed by atoms with Crippen molar-refractivity contribution in [3.8, 4) is 11.5 Å². The van der Waals surface area contributed by atoms with E-state index in [2.05, 4.69) is 10.4 Å². The quantitative estimate of drug-likeness (QED) is 0.328. The summed E-state index contributed by atoms with van der Waals surface area (Å²) in [6.07, 6.45) is -5.11. The number of carbonyl (C=O) groups excluding carboxylic acids is 1. The van der Waals surface area contributed by atoms with Gasteiger partial charge >= 0.3 is 11.9 Å². The minimum atomic E-state index is -5.11. The van der Waals surface area contributed by atoms with Crippen LogP contribution in [0, 0.1) is 34.1 Å². The molecule has 11 nitrogen and oxygen atoms in total. The SMILES string of the molecule is Cc1cc(Oc2cc(NC(=O)Cn3nc(C(F)(F)F)c([N+](=O)[O-])c3C)cc([N+](=O)[O-])c2)ccc1Cl. The standard InChI is InChI=1S/C20H15ClF3N5O6/c1-10-5-14(3-4-16(10)21)35-15-7-12(6-13(8-15)28(31)32)25-17(30)9-27-11(2)18(29(33)34)19(26-27)20(22,23)24/h3-8H,9H2,1-2H3,(H,25,30). The van der Waals surface area contributed by atoms with Crippen molar-refractivity contribution in [1.29, 1.82) is 0 Å². The van der Waals surface area contributed by atoms with E-state index in [0.717, 1.165) is 19.1 Å². The average Bonchev–Trinajstić information content (AvgIpc) is 3.07. The van der Waals surface area contributed by atoms with Gasteiger partial charge in [0.05, 0.1) is 21.6 Å². The van der Waals surface area contributed by atoms with Gasteiger partial charge in [0.15, 0.2) is 0 Å². The molecule has 3 rings (SSSR count). The molecule has 2 aromatic carbocycles. The second-order valence-corrected chi connectivity index (χ2v) is 7.64. The van der Waals surface area contributed by atoms with E-state index < -0.39 is 51.2 Å². The van der Waals surface area contributed by atoms with E-state index in [1.165, 1.54) is 12.1 Å². The molecule has 1 aromatic heterocycles. The Hall–Kier alpha value is -4.20. The summed E-state index contributed by atoms with van der Waals surface area (Å²) in [5.74, 6) is -0.640. The molecule has 35 heavy (non-hydrogen) atoms. The van der Waals surface area contributed by atoms with Gasteiger partial charge in [-0.05, 0) is 37.6 Å². The van der Waals surface area contributed by atoms with Crippen LogP contribution >= 0.6 is 11.6 Å². The lowest BCUT2D eigenvalue weighted by Crippen LogP contribution is -2.21. The first-order valence-electron chi connectivity index (χ1n) is 9.58. The highest BCUT2D eigenvalue weighted by atomic mass is 35.5. The Balaban J connectivity index is 1.87. The number of anilines is 1. The topological polar surface area (TPSA) is 142 Å². The molecule has 0 aliphatic carbocycles. The van der Waals surface area contributed by atoms with Crippen LogP contribution in [0.25, 0.3) is 0 Å². The normalized spacial score (nSPS) is 11.3. The van der Waals surface area contributed by atoms with Gasteiger partial charge in [0.2, 0.25) is 11.6 Å². The highest BCUT2D eigenvalue weighted by Crippen LogP contribution is 2.37. The summed E-state index contributed by atoms with van der Waals surface area (Å²) in [6.45, 7) is 1.92. The van der Waals surface area contributed by atoms with Crippen LogP contribution in [0.5, 0.6) is 11.5 Å². The first-order chi connectivity index (χ1) is 16.3. The number of hydrogen-bond donors (Lipinski definition) is 1. The van der Waals surface area contributed by atoms with Crippen LogP contribution in [0.1, 0.15) is 17.0 Å². The fraction of sp³-hybridized carbons (Fsp3) is 0.200. The molecule has 0 aliphatic heterocycles. The molecule has 1 N–H and O–H groups in total. The third-order valence-electron chi connectivity index (χ3n) is 4.67. The maximum absolute atomic E-state index is 13.1. The molecule has 0 unspecified atom stereocenters. The van der Waals surface area contributed by atoms with Gasteiger partial charge in [0.1, 0.15) is 23.7 Å². The molecule has 3 aromatic rings. The fourth-order valence-electron chi connectivity index (χ4n) is 3.07. The van der Waals surface area contributed by atoms with E-state index in [9.17, 15) is 38.2 Å². The number of hydrogen-bond acceptors (Lipinski definition) is 7. The van der Waals surface area contributed by atoms with E-state index in [1.807, 2.05) is 0 Å². The van der Waals surface area contributed by atoms with Gasteiger partial charge in [0, 0.05) is 17.2 Å². The first-order valence-corrected chi connectivity index (χ1v) is 9.96. The Morgan fingerprint density at radius 2 is 1.80 bits per heavy atom. The summed E-state index contributed by atoms with van der Waals surface area (Å²) < 4.78 is 45.5. The molecule has 0 bridgehead atoms. The van der Waals surface area contributed by atoms with Crippen LogP contribution in [0.2, 0.25) is 5.02 Å². The van der Waals surface area contributed by atoms with Crippen LogP contribution in [-0.2, 0) is 17.5 Å². The van der Waals surface area contributed by atoms with Crippen LogP contribution in [-0.4, -0.2) is 25.5 Å². The van der Waals surface area contributed by atoms with Crippen molar-refractivity contribution in [1.82, 2.24) is 9.78 Å². The zero-order valence-corrected chi connectivity index (χ0v) is 18.7.